The Morgan fingerprint density at radius 2 is 2.04 bits per heavy atom. The van der Waals surface area contributed by atoms with Crippen LogP contribution in [0.1, 0.15) is 37.7 Å². The summed E-state index contributed by atoms with van der Waals surface area (Å²) in [5.41, 5.74) is 12.4. The van der Waals surface area contributed by atoms with Gasteiger partial charge in [0.25, 0.3) is 0 Å². The number of carbonyl (C=O) groups excluding carboxylic acids is 1. The van der Waals surface area contributed by atoms with Crippen LogP contribution in [0.5, 0.6) is 0 Å². The molecule has 1 amide bonds. The van der Waals surface area contributed by atoms with Crippen molar-refractivity contribution < 1.29 is 4.79 Å². The summed E-state index contributed by atoms with van der Waals surface area (Å²) >= 11 is 0. The van der Waals surface area contributed by atoms with E-state index >= 15 is 0 Å². The first-order valence-electron chi connectivity index (χ1n) is 9.15. The van der Waals surface area contributed by atoms with E-state index in [1.54, 1.807) is 6.20 Å². The fraction of sp³-hybridized carbons (Fsp3) is 0.611. The molecule has 1 saturated carbocycles. The summed E-state index contributed by atoms with van der Waals surface area (Å²) in [4.78, 5) is 22.5. The van der Waals surface area contributed by atoms with E-state index in [2.05, 4.69) is 20.2 Å². The molecule has 0 spiro atoms. The molecule has 1 aliphatic carbocycles. The maximum atomic E-state index is 11.3. The molecule has 0 aromatic carbocycles. The number of hydrogen-bond acceptors (Lipinski definition) is 4. The molecular formula is C18H28N6O. The number of carbonyl (C=O) groups is 1. The van der Waals surface area contributed by atoms with Crippen molar-refractivity contribution in [1.82, 2.24) is 10.3 Å². The summed E-state index contributed by atoms with van der Waals surface area (Å²) in [7, 11) is 0. The van der Waals surface area contributed by atoms with Crippen LogP contribution in [0.2, 0.25) is 0 Å². The number of piperidine rings is 1. The molecule has 0 unspecified atom stereocenters. The molecule has 0 radical (unpaired) electrons. The molecule has 25 heavy (non-hydrogen) atoms. The van der Waals surface area contributed by atoms with Crippen LogP contribution >= 0.6 is 0 Å². The molecule has 136 valence electrons. The molecular weight excluding hydrogens is 316 g/mol. The summed E-state index contributed by atoms with van der Waals surface area (Å²) in [6.45, 7) is 2.99. The molecule has 0 bridgehead atoms. The van der Waals surface area contributed by atoms with E-state index in [0.29, 0.717) is 12.5 Å². The normalized spacial score (nSPS) is 19.5. The topological polar surface area (TPSA) is 110 Å². The number of amides is 1. The second-order valence-corrected chi connectivity index (χ2v) is 7.03. The van der Waals surface area contributed by atoms with E-state index in [-0.39, 0.29) is 11.8 Å². The number of nitrogens with two attached hydrogens (primary N) is 2. The highest BCUT2D eigenvalue weighted by molar-refractivity contribution is 5.78. The highest BCUT2D eigenvalue weighted by Gasteiger charge is 2.24. The Hall–Kier alpha value is -2.31. The first kappa shape index (κ1) is 17.5. The quantitative estimate of drug-likeness (QED) is 0.526. The van der Waals surface area contributed by atoms with Gasteiger partial charge in [-0.05, 0) is 37.7 Å². The second kappa shape index (κ2) is 8.18. The molecule has 7 heteroatoms. The smallest absolute Gasteiger partial charge is 0.220 e. The van der Waals surface area contributed by atoms with Crippen LogP contribution in [-0.2, 0) is 11.3 Å². The Morgan fingerprint density at radius 1 is 1.28 bits per heavy atom. The van der Waals surface area contributed by atoms with Gasteiger partial charge in [-0.15, -0.1) is 0 Å². The van der Waals surface area contributed by atoms with Gasteiger partial charge in [-0.25, -0.2) is 9.98 Å². The summed E-state index contributed by atoms with van der Waals surface area (Å²) in [5.74, 6) is 1.95. The number of anilines is 1. The largest absolute Gasteiger partial charge is 0.370 e. The average molecular weight is 344 g/mol. The molecule has 2 aliphatic rings. The zero-order chi connectivity index (χ0) is 17.6. The second-order valence-electron chi connectivity index (χ2n) is 7.03. The zero-order valence-electron chi connectivity index (χ0n) is 14.7. The van der Waals surface area contributed by atoms with Gasteiger partial charge < -0.3 is 21.7 Å². The van der Waals surface area contributed by atoms with Gasteiger partial charge in [0.2, 0.25) is 5.91 Å². The molecule has 3 rings (SSSR count). The van der Waals surface area contributed by atoms with Gasteiger partial charge in [-0.2, -0.15) is 0 Å². The molecule has 2 fully saturated rings. The van der Waals surface area contributed by atoms with Crippen molar-refractivity contribution in [2.45, 2.75) is 38.6 Å². The van der Waals surface area contributed by atoms with Crippen LogP contribution in [0.3, 0.4) is 0 Å². The van der Waals surface area contributed by atoms with E-state index in [1.807, 2.05) is 12.1 Å². The monoisotopic (exact) mass is 344 g/mol. The average Bonchev–Trinajstić information content (AvgIpc) is 2.59. The molecule has 1 aromatic rings. The lowest BCUT2D eigenvalue weighted by Gasteiger charge is -2.32. The lowest BCUT2D eigenvalue weighted by atomic mass is 9.85. The third-order valence-corrected chi connectivity index (χ3v) is 5.28. The summed E-state index contributed by atoms with van der Waals surface area (Å²) in [5, 5.41) is 3.21. The highest BCUT2D eigenvalue weighted by atomic mass is 16.1. The van der Waals surface area contributed by atoms with E-state index in [9.17, 15) is 4.79 Å². The maximum absolute atomic E-state index is 11.3. The third kappa shape index (κ3) is 4.61. The van der Waals surface area contributed by atoms with Crippen molar-refractivity contribution >= 4 is 17.7 Å². The predicted molar refractivity (Wildman–Crippen MR) is 99.0 cm³/mol. The molecule has 7 nitrogen and oxygen atoms in total. The van der Waals surface area contributed by atoms with Crippen LogP contribution in [0.15, 0.2) is 23.3 Å². The van der Waals surface area contributed by atoms with Crippen molar-refractivity contribution in [1.29, 1.82) is 0 Å². The van der Waals surface area contributed by atoms with Crippen molar-refractivity contribution in [2.24, 2.45) is 28.3 Å². The summed E-state index contributed by atoms with van der Waals surface area (Å²) in [6.07, 6.45) is 7.25. The van der Waals surface area contributed by atoms with Crippen molar-refractivity contribution in [3.8, 4) is 0 Å². The number of aromatic nitrogens is 1. The molecule has 2 heterocycles. The maximum Gasteiger partial charge on any atom is 0.220 e. The first-order valence-corrected chi connectivity index (χ1v) is 9.15. The number of guanidine groups is 1. The molecule has 0 atom stereocenters. The van der Waals surface area contributed by atoms with Gasteiger partial charge in [-0.1, -0.05) is 12.5 Å². The fourth-order valence-electron chi connectivity index (χ4n) is 3.39. The van der Waals surface area contributed by atoms with Crippen LogP contribution < -0.4 is 21.7 Å². The first-order chi connectivity index (χ1) is 12.1. The molecule has 1 aliphatic heterocycles. The SMILES string of the molecule is NC(=O)C1CCN(c2ncccc2CN=C(N)NCC2CCC2)CC1. The van der Waals surface area contributed by atoms with Gasteiger partial charge >= 0.3 is 0 Å². The Kier molecular flexibility index (Phi) is 5.73. The fourth-order valence-corrected chi connectivity index (χ4v) is 3.39. The lowest BCUT2D eigenvalue weighted by molar-refractivity contribution is -0.122. The third-order valence-electron chi connectivity index (χ3n) is 5.28. The van der Waals surface area contributed by atoms with Gasteiger partial charge in [0.05, 0.1) is 6.54 Å². The Bertz CT molecular complexity index is 620. The number of pyridine rings is 1. The van der Waals surface area contributed by atoms with E-state index in [1.165, 1.54) is 19.3 Å². The molecule has 1 saturated heterocycles. The number of nitrogens with zero attached hydrogens (tertiary/aromatic N) is 3. The standard InChI is InChI=1S/C18H28N6O/c19-16(25)14-6-9-24(10-7-14)17-15(5-2-8-21-17)12-23-18(20)22-11-13-3-1-4-13/h2,5,8,13-14H,1,3-4,6-7,9-12H2,(H2,19,25)(H3,20,22,23). The van der Waals surface area contributed by atoms with Gasteiger partial charge in [0, 0.05) is 37.3 Å². The van der Waals surface area contributed by atoms with E-state index in [4.69, 9.17) is 11.5 Å². The van der Waals surface area contributed by atoms with Gasteiger partial charge in [-0.3, -0.25) is 4.79 Å². The summed E-state index contributed by atoms with van der Waals surface area (Å²) < 4.78 is 0. The minimum atomic E-state index is -0.198. The van der Waals surface area contributed by atoms with Crippen LogP contribution in [-0.4, -0.2) is 36.5 Å². The minimum Gasteiger partial charge on any atom is -0.370 e. The molecule has 5 N–H and O–H groups in total. The van der Waals surface area contributed by atoms with Crippen LogP contribution in [0.25, 0.3) is 0 Å². The number of nitrogens with one attached hydrogen (secondary N) is 1. The number of aliphatic imine (C=N–C) groups is 1. The van der Waals surface area contributed by atoms with Crippen molar-refractivity contribution in [3.05, 3.63) is 23.9 Å². The van der Waals surface area contributed by atoms with Crippen molar-refractivity contribution in [2.75, 3.05) is 24.5 Å². The van der Waals surface area contributed by atoms with E-state index < -0.39 is 0 Å². The Balaban J connectivity index is 1.58. The van der Waals surface area contributed by atoms with Crippen LogP contribution in [0, 0.1) is 11.8 Å². The van der Waals surface area contributed by atoms with Gasteiger partial charge in [0.15, 0.2) is 5.96 Å². The molecule has 1 aromatic heterocycles. The minimum absolute atomic E-state index is 0.0206. The predicted octanol–water partition coefficient (Wildman–Crippen LogP) is 0.988. The number of rotatable bonds is 6. The number of primary amides is 1. The lowest BCUT2D eigenvalue weighted by Crippen LogP contribution is -2.39. The van der Waals surface area contributed by atoms with E-state index in [0.717, 1.165) is 49.8 Å². The Morgan fingerprint density at radius 3 is 2.68 bits per heavy atom. The highest BCUT2D eigenvalue weighted by Crippen LogP contribution is 2.26. The summed E-state index contributed by atoms with van der Waals surface area (Å²) in [6, 6.07) is 3.95. The number of hydrogen-bond donors (Lipinski definition) is 3. The zero-order valence-corrected chi connectivity index (χ0v) is 14.7. The Labute approximate surface area is 148 Å². The van der Waals surface area contributed by atoms with Crippen molar-refractivity contribution in [3.63, 3.8) is 0 Å². The van der Waals surface area contributed by atoms with Crippen LogP contribution in [0.4, 0.5) is 5.82 Å². The van der Waals surface area contributed by atoms with Gasteiger partial charge in [0.1, 0.15) is 5.82 Å².